The minimum Gasteiger partial charge on any atom is -0.269 e. The number of carbonyl (C=O) groups is 2. The first kappa shape index (κ1) is 14.7. The molecule has 0 fully saturated rings. The van der Waals surface area contributed by atoms with Gasteiger partial charge in [0, 0.05) is 17.7 Å². The fourth-order valence-electron chi connectivity index (χ4n) is 1.88. The van der Waals surface area contributed by atoms with Gasteiger partial charge < -0.3 is 0 Å². The van der Waals surface area contributed by atoms with E-state index in [1.165, 1.54) is 6.92 Å². The van der Waals surface area contributed by atoms with Crippen LogP contribution in [0.3, 0.4) is 0 Å². The van der Waals surface area contributed by atoms with Crippen molar-refractivity contribution in [2.24, 2.45) is 0 Å². The molecule has 21 heavy (non-hydrogen) atoms. The van der Waals surface area contributed by atoms with Crippen LogP contribution in [0.2, 0.25) is 0 Å². The summed E-state index contributed by atoms with van der Waals surface area (Å²) in [4.78, 5) is 33.3. The van der Waals surface area contributed by atoms with E-state index >= 15 is 0 Å². The summed E-state index contributed by atoms with van der Waals surface area (Å²) >= 11 is 0. The summed E-state index contributed by atoms with van der Waals surface area (Å²) in [5, 5.41) is 10.6. The van der Waals surface area contributed by atoms with Crippen molar-refractivity contribution in [2.75, 3.05) is 4.90 Å². The Kier molecular flexibility index (Phi) is 3.28. The number of nitro benzene ring substituents is 1. The Hall–Kier alpha value is -2.71. The van der Waals surface area contributed by atoms with Crippen LogP contribution >= 0.6 is 0 Å². The maximum atomic E-state index is 12.8. The van der Waals surface area contributed by atoms with Gasteiger partial charge in [0.1, 0.15) is 5.56 Å². The van der Waals surface area contributed by atoms with Crippen LogP contribution in [0.15, 0.2) is 29.8 Å². The maximum absolute atomic E-state index is 12.8. The zero-order valence-electron chi connectivity index (χ0n) is 10.5. The standard InChI is InChI=1S/C12H7F3N2O4/c1-6-4-10(18)16(11(6)19)7-2-3-9(17(20)21)8(5-7)12(13,14)15/h2-5H,1H3. The third-order valence-corrected chi connectivity index (χ3v) is 2.84. The van der Waals surface area contributed by atoms with Gasteiger partial charge in [0.15, 0.2) is 0 Å². The number of imide groups is 1. The van der Waals surface area contributed by atoms with E-state index in [0.717, 1.165) is 12.1 Å². The molecule has 110 valence electrons. The number of alkyl halides is 3. The Morgan fingerprint density at radius 2 is 1.86 bits per heavy atom. The van der Waals surface area contributed by atoms with Crippen LogP contribution in [0.4, 0.5) is 24.5 Å². The predicted molar refractivity (Wildman–Crippen MR) is 64.3 cm³/mol. The van der Waals surface area contributed by atoms with Crippen LogP contribution in [0.5, 0.6) is 0 Å². The highest BCUT2D eigenvalue weighted by atomic mass is 19.4. The SMILES string of the molecule is CC1=CC(=O)N(c2ccc([N+](=O)[O-])c(C(F)(F)F)c2)C1=O. The summed E-state index contributed by atoms with van der Waals surface area (Å²) < 4.78 is 38.5. The average molecular weight is 300 g/mol. The number of nitro groups is 1. The average Bonchev–Trinajstić information content (AvgIpc) is 2.61. The zero-order chi connectivity index (χ0) is 15.9. The van der Waals surface area contributed by atoms with Gasteiger partial charge in [-0.25, -0.2) is 4.90 Å². The minimum absolute atomic E-state index is 0.0758. The monoisotopic (exact) mass is 300 g/mol. The molecule has 2 amide bonds. The molecule has 9 heteroatoms. The van der Waals surface area contributed by atoms with Gasteiger partial charge >= 0.3 is 6.18 Å². The lowest BCUT2D eigenvalue weighted by molar-refractivity contribution is -0.388. The van der Waals surface area contributed by atoms with Gasteiger partial charge in [0.25, 0.3) is 17.5 Å². The highest BCUT2D eigenvalue weighted by Gasteiger charge is 2.40. The number of halogens is 3. The Labute approximate surface area is 115 Å². The van der Waals surface area contributed by atoms with Gasteiger partial charge in [-0.1, -0.05) is 0 Å². The molecular weight excluding hydrogens is 293 g/mol. The van der Waals surface area contributed by atoms with Crippen molar-refractivity contribution < 1.29 is 27.7 Å². The Bertz CT molecular complexity index is 694. The molecule has 0 saturated carbocycles. The van der Waals surface area contributed by atoms with Crippen molar-refractivity contribution >= 4 is 23.2 Å². The number of nitrogens with zero attached hydrogens (tertiary/aromatic N) is 2. The minimum atomic E-state index is -4.98. The van der Waals surface area contributed by atoms with Crippen molar-refractivity contribution in [1.82, 2.24) is 0 Å². The molecule has 0 atom stereocenters. The summed E-state index contributed by atoms with van der Waals surface area (Å²) in [6.07, 6.45) is -4.00. The van der Waals surface area contributed by atoms with Crippen LogP contribution < -0.4 is 4.90 Å². The summed E-state index contributed by atoms with van der Waals surface area (Å²) in [5.41, 5.74) is -2.95. The van der Waals surface area contributed by atoms with Gasteiger partial charge in [-0.05, 0) is 19.1 Å². The number of benzene rings is 1. The second-order valence-electron chi connectivity index (χ2n) is 4.26. The third kappa shape index (κ3) is 2.49. The zero-order valence-corrected chi connectivity index (χ0v) is 10.5. The smallest absolute Gasteiger partial charge is 0.269 e. The molecule has 0 N–H and O–H groups in total. The second kappa shape index (κ2) is 4.69. The Morgan fingerprint density at radius 1 is 1.24 bits per heavy atom. The predicted octanol–water partition coefficient (Wildman–Crippen LogP) is 2.43. The van der Waals surface area contributed by atoms with E-state index in [1.807, 2.05) is 0 Å². The molecule has 0 unspecified atom stereocenters. The molecule has 0 aromatic heterocycles. The molecule has 0 radical (unpaired) electrons. The van der Waals surface area contributed by atoms with Gasteiger partial charge in [-0.15, -0.1) is 0 Å². The molecule has 0 spiro atoms. The van der Waals surface area contributed by atoms with E-state index in [1.54, 1.807) is 0 Å². The van der Waals surface area contributed by atoms with Crippen molar-refractivity contribution in [3.63, 3.8) is 0 Å². The summed E-state index contributed by atoms with van der Waals surface area (Å²) in [5.74, 6) is -1.55. The number of rotatable bonds is 2. The summed E-state index contributed by atoms with van der Waals surface area (Å²) in [6, 6.07) is 1.96. The van der Waals surface area contributed by atoms with Crippen LogP contribution in [0.1, 0.15) is 12.5 Å². The Balaban J connectivity index is 2.56. The molecule has 6 nitrogen and oxygen atoms in total. The summed E-state index contributed by atoms with van der Waals surface area (Å²) in [7, 11) is 0. The number of carbonyl (C=O) groups excluding carboxylic acids is 2. The van der Waals surface area contributed by atoms with Gasteiger partial charge in [-0.3, -0.25) is 19.7 Å². The molecule has 0 saturated heterocycles. The number of amides is 2. The van der Waals surface area contributed by atoms with Crippen molar-refractivity contribution in [1.29, 1.82) is 0 Å². The molecule has 1 aromatic carbocycles. The highest BCUT2D eigenvalue weighted by molar-refractivity contribution is 6.30. The van der Waals surface area contributed by atoms with Crippen LogP contribution in [0, 0.1) is 10.1 Å². The van der Waals surface area contributed by atoms with E-state index < -0.39 is 34.2 Å². The second-order valence-corrected chi connectivity index (χ2v) is 4.26. The van der Waals surface area contributed by atoms with E-state index in [9.17, 15) is 32.9 Å². The first-order valence-electron chi connectivity index (χ1n) is 5.55. The molecule has 2 rings (SSSR count). The molecule has 0 bridgehead atoms. The van der Waals surface area contributed by atoms with Gasteiger partial charge in [0.05, 0.1) is 10.6 Å². The fraction of sp³-hybridized carbons (Fsp3) is 0.167. The van der Waals surface area contributed by atoms with Crippen LogP contribution in [-0.4, -0.2) is 16.7 Å². The molecule has 1 heterocycles. The lowest BCUT2D eigenvalue weighted by Gasteiger charge is -2.16. The number of hydrogen-bond donors (Lipinski definition) is 0. The van der Waals surface area contributed by atoms with E-state index in [2.05, 4.69) is 0 Å². The van der Waals surface area contributed by atoms with Gasteiger partial charge in [0.2, 0.25) is 0 Å². The van der Waals surface area contributed by atoms with Crippen LogP contribution in [-0.2, 0) is 15.8 Å². The topological polar surface area (TPSA) is 80.5 Å². The van der Waals surface area contributed by atoms with Gasteiger partial charge in [-0.2, -0.15) is 13.2 Å². The molecule has 0 aliphatic carbocycles. The largest absolute Gasteiger partial charge is 0.423 e. The van der Waals surface area contributed by atoms with E-state index in [0.29, 0.717) is 17.0 Å². The fourth-order valence-corrected chi connectivity index (χ4v) is 1.88. The summed E-state index contributed by atoms with van der Waals surface area (Å²) in [6.45, 7) is 1.34. The highest BCUT2D eigenvalue weighted by Crippen LogP contribution is 2.38. The number of hydrogen-bond acceptors (Lipinski definition) is 4. The van der Waals surface area contributed by atoms with E-state index in [4.69, 9.17) is 0 Å². The quantitative estimate of drug-likeness (QED) is 0.477. The van der Waals surface area contributed by atoms with Crippen molar-refractivity contribution in [2.45, 2.75) is 13.1 Å². The lowest BCUT2D eigenvalue weighted by atomic mass is 10.1. The first-order valence-corrected chi connectivity index (χ1v) is 5.55. The molecule has 1 aliphatic rings. The maximum Gasteiger partial charge on any atom is 0.423 e. The number of anilines is 1. The first-order chi connectivity index (χ1) is 9.62. The lowest BCUT2D eigenvalue weighted by Crippen LogP contribution is -2.30. The van der Waals surface area contributed by atoms with Crippen molar-refractivity contribution in [3.8, 4) is 0 Å². The molecular formula is C12H7F3N2O4. The van der Waals surface area contributed by atoms with E-state index in [-0.39, 0.29) is 11.3 Å². The Morgan fingerprint density at radius 3 is 2.29 bits per heavy atom. The normalized spacial score (nSPS) is 15.4. The molecule has 1 aliphatic heterocycles. The van der Waals surface area contributed by atoms with Crippen molar-refractivity contribution in [3.05, 3.63) is 45.5 Å². The van der Waals surface area contributed by atoms with Crippen LogP contribution in [0.25, 0.3) is 0 Å². The third-order valence-electron chi connectivity index (χ3n) is 2.84. The molecule has 1 aromatic rings.